The highest BCUT2D eigenvalue weighted by Crippen LogP contribution is 2.21. The lowest BCUT2D eigenvalue weighted by molar-refractivity contribution is -0.344. The summed E-state index contributed by atoms with van der Waals surface area (Å²) in [5.74, 6) is -0.741. The van der Waals surface area contributed by atoms with Gasteiger partial charge in [-0.2, -0.15) is 0 Å². The second-order valence-corrected chi connectivity index (χ2v) is 3.90. The van der Waals surface area contributed by atoms with Gasteiger partial charge >= 0.3 is 5.97 Å². The van der Waals surface area contributed by atoms with Gasteiger partial charge in [0.1, 0.15) is 11.4 Å². The molecule has 0 bridgehead atoms. The third kappa shape index (κ3) is 3.87. The van der Waals surface area contributed by atoms with Crippen molar-refractivity contribution in [2.75, 3.05) is 0 Å². The molecule has 2 N–H and O–H groups in total. The molecule has 5 nitrogen and oxygen atoms in total. The van der Waals surface area contributed by atoms with E-state index in [1.807, 2.05) is 0 Å². The zero-order chi connectivity index (χ0) is 11.6. The van der Waals surface area contributed by atoms with Crippen LogP contribution in [0.2, 0.25) is 0 Å². The predicted octanol–water partition coefficient (Wildman–Crippen LogP) is 0.389. The molecule has 0 aliphatic rings. The Balaban J connectivity index is 4.76. The summed E-state index contributed by atoms with van der Waals surface area (Å²) < 4.78 is 0. The lowest BCUT2D eigenvalue weighted by Gasteiger charge is -2.39. The maximum atomic E-state index is 10.9. The van der Waals surface area contributed by atoms with Crippen LogP contribution in [0.3, 0.4) is 0 Å². The number of carbonyl (C=O) groups excluding carboxylic acids is 1. The van der Waals surface area contributed by atoms with Crippen molar-refractivity contribution in [3.8, 4) is 0 Å². The van der Waals surface area contributed by atoms with Crippen LogP contribution in [-0.4, -0.2) is 32.7 Å². The van der Waals surface area contributed by atoms with Gasteiger partial charge in [-0.15, -0.1) is 0 Å². The summed E-state index contributed by atoms with van der Waals surface area (Å²) in [6.45, 7) is 8.77. The first-order valence-corrected chi connectivity index (χ1v) is 4.18. The second-order valence-electron chi connectivity index (χ2n) is 3.90. The summed E-state index contributed by atoms with van der Waals surface area (Å²) in [6.07, 6.45) is 0.949. The molecule has 0 spiro atoms. The Morgan fingerprint density at radius 1 is 1.29 bits per heavy atom. The van der Waals surface area contributed by atoms with Crippen LogP contribution in [0, 0.1) is 0 Å². The van der Waals surface area contributed by atoms with Crippen molar-refractivity contribution in [1.82, 2.24) is 5.06 Å². The number of carbonyl (C=O) groups is 1. The monoisotopic (exact) mass is 203 g/mol. The third-order valence-corrected chi connectivity index (χ3v) is 1.34. The smallest absolute Gasteiger partial charge is 0.349 e. The fourth-order valence-corrected chi connectivity index (χ4v) is 1.02. The molecular weight excluding hydrogens is 186 g/mol. The first-order chi connectivity index (χ1) is 6.09. The van der Waals surface area contributed by atoms with E-state index in [4.69, 9.17) is 4.84 Å². The molecule has 0 aromatic rings. The van der Waals surface area contributed by atoms with Crippen LogP contribution in [0.4, 0.5) is 0 Å². The van der Waals surface area contributed by atoms with E-state index >= 15 is 0 Å². The molecular formula is C9H17NO4. The fraction of sp³-hybridized carbons (Fsp3) is 0.667. The standard InChI is InChI=1S/C9H17NO4/c1-6-7(11)14-10(8(2,3)12)9(4,5)13/h6,12-13H,1H2,2-5H3. The molecule has 0 saturated carbocycles. The quantitative estimate of drug-likeness (QED) is 0.393. The van der Waals surface area contributed by atoms with Gasteiger partial charge in [0.25, 0.3) is 0 Å². The van der Waals surface area contributed by atoms with Gasteiger partial charge in [-0.1, -0.05) is 11.6 Å². The molecule has 0 fully saturated rings. The number of rotatable bonds is 4. The number of hydrogen-bond acceptors (Lipinski definition) is 5. The highest BCUT2D eigenvalue weighted by molar-refractivity contribution is 5.80. The van der Waals surface area contributed by atoms with Crippen molar-refractivity contribution >= 4 is 5.97 Å². The maximum Gasteiger partial charge on any atom is 0.349 e. The average Bonchev–Trinajstić information content (AvgIpc) is 1.95. The van der Waals surface area contributed by atoms with E-state index in [2.05, 4.69) is 6.58 Å². The predicted molar refractivity (Wildman–Crippen MR) is 50.7 cm³/mol. The van der Waals surface area contributed by atoms with Gasteiger partial charge in [0, 0.05) is 6.08 Å². The molecule has 0 aromatic carbocycles. The van der Waals surface area contributed by atoms with E-state index < -0.39 is 17.4 Å². The van der Waals surface area contributed by atoms with E-state index in [-0.39, 0.29) is 0 Å². The van der Waals surface area contributed by atoms with Gasteiger partial charge in [0.05, 0.1) is 0 Å². The fourth-order valence-electron chi connectivity index (χ4n) is 1.02. The molecule has 0 heterocycles. The molecule has 0 aliphatic heterocycles. The van der Waals surface area contributed by atoms with Crippen LogP contribution in [0.5, 0.6) is 0 Å². The Kier molecular flexibility index (Phi) is 3.81. The van der Waals surface area contributed by atoms with Crippen molar-refractivity contribution in [2.24, 2.45) is 0 Å². The first kappa shape index (κ1) is 13.1. The number of aliphatic hydroxyl groups is 2. The van der Waals surface area contributed by atoms with Gasteiger partial charge in [-0.3, -0.25) is 0 Å². The van der Waals surface area contributed by atoms with Crippen LogP contribution in [0.25, 0.3) is 0 Å². The molecule has 0 aliphatic carbocycles. The zero-order valence-corrected chi connectivity index (χ0v) is 8.94. The second kappa shape index (κ2) is 4.08. The van der Waals surface area contributed by atoms with Crippen LogP contribution in [0.1, 0.15) is 27.7 Å². The SMILES string of the molecule is C=CC(=O)ON(C(C)(C)O)C(C)(C)O. The Morgan fingerprint density at radius 3 is 1.86 bits per heavy atom. The van der Waals surface area contributed by atoms with Crippen LogP contribution < -0.4 is 0 Å². The molecule has 0 aromatic heterocycles. The molecule has 82 valence electrons. The molecule has 0 rings (SSSR count). The molecule has 0 radical (unpaired) electrons. The minimum absolute atomic E-state index is 0.741. The van der Waals surface area contributed by atoms with E-state index in [9.17, 15) is 15.0 Å². The van der Waals surface area contributed by atoms with Crippen LogP contribution >= 0.6 is 0 Å². The van der Waals surface area contributed by atoms with Gasteiger partial charge in [-0.05, 0) is 27.7 Å². The van der Waals surface area contributed by atoms with Crippen molar-refractivity contribution in [3.63, 3.8) is 0 Å². The minimum atomic E-state index is -1.48. The van der Waals surface area contributed by atoms with E-state index in [0.29, 0.717) is 0 Å². The number of nitrogens with zero attached hydrogens (tertiary/aromatic N) is 1. The van der Waals surface area contributed by atoms with E-state index in [1.54, 1.807) is 0 Å². The van der Waals surface area contributed by atoms with Gasteiger partial charge in [0.15, 0.2) is 0 Å². The molecule has 14 heavy (non-hydrogen) atoms. The Hall–Kier alpha value is -0.910. The highest BCUT2D eigenvalue weighted by atomic mass is 16.7. The highest BCUT2D eigenvalue weighted by Gasteiger charge is 2.38. The Morgan fingerprint density at radius 2 is 1.64 bits per heavy atom. The molecule has 0 unspecified atom stereocenters. The largest absolute Gasteiger partial charge is 0.373 e. The number of hydroxylamine groups is 2. The summed E-state index contributed by atoms with van der Waals surface area (Å²) in [5.41, 5.74) is -2.95. The average molecular weight is 203 g/mol. The van der Waals surface area contributed by atoms with Crippen molar-refractivity contribution in [2.45, 2.75) is 39.1 Å². The first-order valence-electron chi connectivity index (χ1n) is 4.18. The summed E-state index contributed by atoms with van der Waals surface area (Å²) in [5, 5.41) is 20.0. The summed E-state index contributed by atoms with van der Waals surface area (Å²) in [4.78, 5) is 15.6. The molecule has 0 amide bonds. The van der Waals surface area contributed by atoms with Gasteiger partial charge < -0.3 is 15.1 Å². The van der Waals surface area contributed by atoms with E-state index in [1.165, 1.54) is 27.7 Å². The molecule has 0 saturated heterocycles. The third-order valence-electron chi connectivity index (χ3n) is 1.34. The maximum absolute atomic E-state index is 10.9. The number of hydrogen-bond donors (Lipinski definition) is 2. The summed E-state index contributed by atoms with van der Waals surface area (Å²) in [6, 6.07) is 0. The normalized spacial score (nSPS) is 12.8. The molecule has 0 atom stereocenters. The van der Waals surface area contributed by atoms with E-state index in [0.717, 1.165) is 11.1 Å². The van der Waals surface area contributed by atoms with Crippen LogP contribution in [0.15, 0.2) is 12.7 Å². The van der Waals surface area contributed by atoms with Crippen molar-refractivity contribution in [3.05, 3.63) is 12.7 Å². The summed E-state index contributed by atoms with van der Waals surface area (Å²) >= 11 is 0. The zero-order valence-electron chi connectivity index (χ0n) is 8.94. The minimum Gasteiger partial charge on any atom is -0.373 e. The Labute approximate surface area is 83.5 Å². The summed E-state index contributed by atoms with van der Waals surface area (Å²) in [7, 11) is 0. The Bertz CT molecular complexity index is 210. The lowest BCUT2D eigenvalue weighted by Crippen LogP contribution is -2.56. The van der Waals surface area contributed by atoms with Crippen LogP contribution in [-0.2, 0) is 9.63 Å². The van der Waals surface area contributed by atoms with Crippen molar-refractivity contribution < 1.29 is 19.8 Å². The lowest BCUT2D eigenvalue weighted by atomic mass is 10.2. The van der Waals surface area contributed by atoms with Gasteiger partial charge in [0.2, 0.25) is 0 Å². The van der Waals surface area contributed by atoms with Gasteiger partial charge in [-0.25, -0.2) is 4.79 Å². The molecule has 5 heteroatoms. The van der Waals surface area contributed by atoms with Crippen molar-refractivity contribution in [1.29, 1.82) is 0 Å². The topological polar surface area (TPSA) is 70.0 Å².